The minimum Gasteiger partial charge on any atom is -0.390 e. The van der Waals surface area contributed by atoms with Gasteiger partial charge in [0.25, 0.3) is 10.0 Å². The van der Waals surface area contributed by atoms with E-state index in [4.69, 9.17) is 0 Å². The van der Waals surface area contributed by atoms with Crippen molar-refractivity contribution in [2.24, 2.45) is 0 Å². The lowest BCUT2D eigenvalue weighted by Gasteiger charge is -2.28. The molecule has 1 saturated heterocycles. The molecule has 0 aliphatic carbocycles. The number of sulfonamides is 1. The van der Waals surface area contributed by atoms with Crippen molar-refractivity contribution in [3.8, 4) is 0 Å². The number of hydrogen-bond donors (Lipinski definition) is 1. The van der Waals surface area contributed by atoms with Crippen LogP contribution >= 0.6 is 0 Å². The summed E-state index contributed by atoms with van der Waals surface area (Å²) < 4.78 is 27.7. The van der Waals surface area contributed by atoms with E-state index >= 15 is 0 Å². The fourth-order valence-corrected chi connectivity index (χ4v) is 4.81. The van der Waals surface area contributed by atoms with Crippen molar-refractivity contribution in [2.75, 3.05) is 30.5 Å². The first-order valence-corrected chi connectivity index (χ1v) is 10.5. The zero-order chi connectivity index (χ0) is 18.6. The molecule has 3 rings (SSSR count). The first kappa shape index (κ1) is 18.9. The minimum absolute atomic E-state index is 0.0385. The minimum atomic E-state index is -3.74. The summed E-state index contributed by atoms with van der Waals surface area (Å²) in [7, 11) is -3.74. The van der Waals surface area contributed by atoms with Gasteiger partial charge >= 0.3 is 0 Å². The second-order valence-electron chi connectivity index (χ2n) is 6.85. The molecule has 0 radical (unpaired) electrons. The summed E-state index contributed by atoms with van der Waals surface area (Å²) in [4.78, 5) is 2.42. The molecule has 26 heavy (non-hydrogen) atoms. The van der Waals surface area contributed by atoms with E-state index < -0.39 is 16.1 Å². The summed E-state index contributed by atoms with van der Waals surface area (Å²) >= 11 is 0. The molecule has 5 nitrogen and oxygen atoms in total. The summed E-state index contributed by atoms with van der Waals surface area (Å²) in [5.41, 5.74) is 1.63. The maximum atomic E-state index is 13.2. The Labute approximate surface area is 155 Å². The number of anilines is 1. The smallest absolute Gasteiger partial charge is 0.264 e. The van der Waals surface area contributed by atoms with Gasteiger partial charge in [-0.05, 0) is 57.1 Å². The first-order chi connectivity index (χ1) is 12.5. The van der Waals surface area contributed by atoms with Crippen LogP contribution in [-0.2, 0) is 10.0 Å². The molecule has 140 valence electrons. The third-order valence-electron chi connectivity index (χ3n) is 4.70. The lowest BCUT2D eigenvalue weighted by atomic mass is 10.2. The van der Waals surface area contributed by atoms with Crippen molar-refractivity contribution in [3.05, 3.63) is 60.2 Å². The summed E-state index contributed by atoms with van der Waals surface area (Å²) in [6.45, 7) is 4.42. The van der Waals surface area contributed by atoms with Crippen molar-refractivity contribution in [1.29, 1.82) is 0 Å². The predicted octanol–water partition coefficient (Wildman–Crippen LogP) is 2.65. The Morgan fingerprint density at radius 1 is 1.04 bits per heavy atom. The van der Waals surface area contributed by atoms with Crippen molar-refractivity contribution in [2.45, 2.75) is 30.8 Å². The molecule has 1 fully saturated rings. The highest BCUT2D eigenvalue weighted by Crippen LogP contribution is 2.24. The number of benzene rings is 2. The Kier molecular flexibility index (Phi) is 5.96. The van der Waals surface area contributed by atoms with Crippen LogP contribution in [0.25, 0.3) is 0 Å². The number of aryl methyl sites for hydroxylation is 1. The molecule has 1 aliphatic heterocycles. The van der Waals surface area contributed by atoms with Gasteiger partial charge in [0.15, 0.2) is 0 Å². The van der Waals surface area contributed by atoms with Crippen LogP contribution in [0.3, 0.4) is 0 Å². The van der Waals surface area contributed by atoms with Gasteiger partial charge < -0.3 is 10.0 Å². The van der Waals surface area contributed by atoms with E-state index in [0.717, 1.165) is 31.5 Å². The monoisotopic (exact) mass is 374 g/mol. The first-order valence-electron chi connectivity index (χ1n) is 9.02. The van der Waals surface area contributed by atoms with Gasteiger partial charge in [0.2, 0.25) is 0 Å². The number of β-amino-alcohol motifs (C(OH)–C–C–N with tert-alkyl or cyclic N) is 1. The number of aliphatic hydroxyl groups excluding tert-OH is 1. The molecular formula is C20H26N2O3S. The van der Waals surface area contributed by atoms with Crippen LogP contribution in [0.5, 0.6) is 0 Å². The van der Waals surface area contributed by atoms with Gasteiger partial charge in [-0.2, -0.15) is 0 Å². The number of hydrogen-bond acceptors (Lipinski definition) is 4. The largest absolute Gasteiger partial charge is 0.390 e. The number of likely N-dealkylation sites (tertiary alicyclic amines) is 1. The van der Waals surface area contributed by atoms with Gasteiger partial charge in [-0.25, -0.2) is 8.42 Å². The van der Waals surface area contributed by atoms with Crippen LogP contribution in [-0.4, -0.2) is 50.7 Å². The van der Waals surface area contributed by atoms with Crippen LogP contribution < -0.4 is 4.31 Å². The Hall–Kier alpha value is -1.89. The van der Waals surface area contributed by atoms with E-state index in [1.165, 1.54) is 4.31 Å². The average Bonchev–Trinajstić information content (AvgIpc) is 3.14. The highest BCUT2D eigenvalue weighted by molar-refractivity contribution is 7.92. The number of rotatable bonds is 7. The van der Waals surface area contributed by atoms with Gasteiger partial charge in [0.05, 0.1) is 23.2 Å². The molecule has 0 aromatic heterocycles. The zero-order valence-corrected chi connectivity index (χ0v) is 15.9. The summed E-state index contributed by atoms with van der Waals surface area (Å²) in [5, 5.41) is 10.6. The van der Waals surface area contributed by atoms with Gasteiger partial charge in [0.1, 0.15) is 0 Å². The Balaban J connectivity index is 1.87. The van der Waals surface area contributed by atoms with Crippen LogP contribution in [0.1, 0.15) is 18.4 Å². The molecule has 0 bridgehead atoms. The quantitative estimate of drug-likeness (QED) is 0.809. The predicted molar refractivity (Wildman–Crippen MR) is 104 cm³/mol. The normalized spacial score (nSPS) is 16.5. The van der Waals surface area contributed by atoms with E-state index in [1.54, 1.807) is 42.5 Å². The van der Waals surface area contributed by atoms with Crippen molar-refractivity contribution in [1.82, 2.24) is 4.90 Å². The second kappa shape index (κ2) is 8.20. The summed E-state index contributed by atoms with van der Waals surface area (Å²) in [6, 6.07) is 15.7. The molecule has 6 heteroatoms. The van der Waals surface area contributed by atoms with Gasteiger partial charge in [-0.3, -0.25) is 4.31 Å². The van der Waals surface area contributed by atoms with Crippen LogP contribution in [0, 0.1) is 6.92 Å². The molecule has 0 saturated carbocycles. The average molecular weight is 375 g/mol. The fraction of sp³-hybridized carbons (Fsp3) is 0.400. The van der Waals surface area contributed by atoms with Gasteiger partial charge in [0, 0.05) is 6.54 Å². The van der Waals surface area contributed by atoms with Crippen molar-refractivity contribution < 1.29 is 13.5 Å². The van der Waals surface area contributed by atoms with Crippen LogP contribution in [0.4, 0.5) is 5.69 Å². The highest BCUT2D eigenvalue weighted by atomic mass is 32.2. The van der Waals surface area contributed by atoms with Crippen LogP contribution in [0.2, 0.25) is 0 Å². The van der Waals surface area contributed by atoms with Crippen molar-refractivity contribution in [3.63, 3.8) is 0 Å². The van der Waals surface area contributed by atoms with Crippen molar-refractivity contribution >= 4 is 15.7 Å². The molecule has 2 aromatic carbocycles. The maximum absolute atomic E-state index is 13.2. The van der Waals surface area contributed by atoms with Crippen LogP contribution in [0.15, 0.2) is 59.5 Å². The molecule has 0 amide bonds. The van der Waals surface area contributed by atoms with Gasteiger partial charge in [-0.15, -0.1) is 0 Å². The second-order valence-corrected chi connectivity index (χ2v) is 8.71. The fourth-order valence-electron chi connectivity index (χ4n) is 3.29. The van der Waals surface area contributed by atoms with E-state index in [-0.39, 0.29) is 11.4 Å². The topological polar surface area (TPSA) is 60.9 Å². The SMILES string of the molecule is Cc1ccc(N(C[C@H](O)CN2CCCC2)S(=O)(=O)c2ccccc2)cc1. The third kappa shape index (κ3) is 4.44. The number of nitrogens with zero attached hydrogens (tertiary/aromatic N) is 2. The third-order valence-corrected chi connectivity index (χ3v) is 6.51. The lowest BCUT2D eigenvalue weighted by Crippen LogP contribution is -2.42. The van der Waals surface area contributed by atoms with E-state index in [1.807, 2.05) is 19.1 Å². The molecule has 1 atom stereocenters. The molecule has 0 unspecified atom stereocenters. The van der Waals surface area contributed by atoms with Gasteiger partial charge in [-0.1, -0.05) is 35.9 Å². The summed E-state index contributed by atoms with van der Waals surface area (Å²) in [6.07, 6.45) is 1.53. The summed E-state index contributed by atoms with van der Waals surface area (Å²) in [5.74, 6) is 0. The lowest BCUT2D eigenvalue weighted by molar-refractivity contribution is 0.132. The van der Waals surface area contributed by atoms with E-state index in [2.05, 4.69) is 4.90 Å². The number of aliphatic hydroxyl groups is 1. The van der Waals surface area contributed by atoms with E-state index in [0.29, 0.717) is 12.2 Å². The maximum Gasteiger partial charge on any atom is 0.264 e. The molecular weight excluding hydrogens is 348 g/mol. The Morgan fingerprint density at radius 3 is 2.27 bits per heavy atom. The van der Waals surface area contributed by atoms with E-state index in [9.17, 15) is 13.5 Å². The Bertz CT molecular complexity index is 801. The zero-order valence-electron chi connectivity index (χ0n) is 15.1. The molecule has 1 N–H and O–H groups in total. The molecule has 0 spiro atoms. The highest BCUT2D eigenvalue weighted by Gasteiger charge is 2.28. The molecule has 2 aromatic rings. The Morgan fingerprint density at radius 2 is 1.65 bits per heavy atom. The molecule has 1 heterocycles. The molecule has 1 aliphatic rings. The standard InChI is InChI=1S/C20H26N2O3S/c1-17-9-11-18(12-10-17)22(16-19(23)15-21-13-5-6-14-21)26(24,25)20-7-3-2-4-8-20/h2-4,7-12,19,23H,5-6,13-16H2,1H3/t19-/m1/s1.